The van der Waals surface area contributed by atoms with Crippen molar-refractivity contribution in [2.24, 2.45) is 0 Å². The van der Waals surface area contributed by atoms with Crippen molar-refractivity contribution >= 4 is 0 Å². The molecule has 0 saturated heterocycles. The van der Waals surface area contributed by atoms with Gasteiger partial charge in [-0.2, -0.15) is 4.39 Å². The predicted octanol–water partition coefficient (Wildman–Crippen LogP) is 4.20. The molecule has 0 aliphatic carbocycles. The zero-order valence-corrected chi connectivity index (χ0v) is 11.0. The van der Waals surface area contributed by atoms with Crippen molar-refractivity contribution in [3.63, 3.8) is 0 Å². The number of hydrogen-bond acceptors (Lipinski definition) is 2. The Balaban J connectivity index is 1.63. The largest absolute Gasteiger partial charge is 0.494 e. The summed E-state index contributed by atoms with van der Waals surface area (Å²) >= 11 is 0. The Labute approximate surface area is 117 Å². The molecule has 4 heteroatoms. The van der Waals surface area contributed by atoms with Gasteiger partial charge in [0, 0.05) is 0 Å². The molecule has 0 heterocycles. The zero-order valence-electron chi connectivity index (χ0n) is 11.0. The quantitative estimate of drug-likeness (QED) is 0.707. The third-order valence-corrected chi connectivity index (χ3v) is 2.72. The molecule has 0 aliphatic heterocycles. The van der Waals surface area contributed by atoms with Gasteiger partial charge in [-0.05, 0) is 37.1 Å². The maximum atomic E-state index is 13.3. The number of halogens is 2. The van der Waals surface area contributed by atoms with Crippen molar-refractivity contribution in [2.75, 3.05) is 13.2 Å². The Hall–Kier alpha value is -2.10. The molecule has 2 rings (SSSR count). The van der Waals surface area contributed by atoms with Gasteiger partial charge in [-0.3, -0.25) is 0 Å². The molecule has 2 nitrogen and oxygen atoms in total. The summed E-state index contributed by atoms with van der Waals surface area (Å²) in [5.41, 5.74) is 0. The lowest BCUT2D eigenvalue weighted by atomic mass is 10.3. The molecule has 0 aromatic heterocycles. The molecule has 0 saturated carbocycles. The van der Waals surface area contributed by atoms with Crippen LogP contribution in [0.25, 0.3) is 0 Å². The van der Waals surface area contributed by atoms with Gasteiger partial charge < -0.3 is 9.47 Å². The second-order valence-electron chi connectivity index (χ2n) is 4.27. The first kappa shape index (κ1) is 14.3. The fourth-order valence-electron chi connectivity index (χ4n) is 1.69. The van der Waals surface area contributed by atoms with Crippen molar-refractivity contribution in [3.05, 3.63) is 60.2 Å². The number of para-hydroxylation sites is 1. The molecular weight excluding hydrogens is 262 g/mol. The van der Waals surface area contributed by atoms with E-state index >= 15 is 0 Å². The van der Waals surface area contributed by atoms with Crippen molar-refractivity contribution in [2.45, 2.75) is 12.8 Å². The van der Waals surface area contributed by atoms with E-state index in [4.69, 9.17) is 9.47 Å². The van der Waals surface area contributed by atoms with Crippen LogP contribution in [-0.4, -0.2) is 13.2 Å². The second kappa shape index (κ2) is 7.48. The third kappa shape index (κ3) is 4.23. The lowest BCUT2D eigenvalue weighted by Gasteiger charge is -2.08. The minimum atomic E-state index is -0.937. The summed E-state index contributed by atoms with van der Waals surface area (Å²) in [5, 5.41) is 0. The van der Waals surface area contributed by atoms with Gasteiger partial charge in [-0.15, -0.1) is 0 Å². The van der Waals surface area contributed by atoms with E-state index in [0.717, 1.165) is 18.2 Å². The predicted molar refractivity (Wildman–Crippen MR) is 73.0 cm³/mol. The van der Waals surface area contributed by atoms with E-state index in [0.29, 0.717) is 19.6 Å². The Morgan fingerprint density at radius 3 is 2.20 bits per heavy atom. The normalized spacial score (nSPS) is 10.3. The van der Waals surface area contributed by atoms with Crippen LogP contribution < -0.4 is 9.47 Å². The number of rotatable bonds is 7. The first-order chi connectivity index (χ1) is 9.77. The van der Waals surface area contributed by atoms with Crippen LogP contribution in [0.4, 0.5) is 8.78 Å². The summed E-state index contributed by atoms with van der Waals surface area (Å²) in [6, 6.07) is 13.4. The van der Waals surface area contributed by atoms with E-state index in [-0.39, 0.29) is 5.75 Å². The summed E-state index contributed by atoms with van der Waals surface area (Å²) < 4.78 is 36.9. The van der Waals surface area contributed by atoms with Crippen LogP contribution in [0, 0.1) is 11.6 Å². The molecule has 2 aromatic rings. The van der Waals surface area contributed by atoms with Gasteiger partial charge >= 0.3 is 0 Å². The zero-order chi connectivity index (χ0) is 14.2. The monoisotopic (exact) mass is 278 g/mol. The summed E-state index contributed by atoms with van der Waals surface area (Å²) in [6.45, 7) is 0.900. The molecule has 0 fully saturated rings. The number of ether oxygens (including phenoxy) is 2. The SMILES string of the molecule is Fc1cccc(OCCCCOc2ccccc2)c1F. The van der Waals surface area contributed by atoms with Gasteiger partial charge in [0.05, 0.1) is 13.2 Å². The lowest BCUT2D eigenvalue weighted by Crippen LogP contribution is -2.04. The van der Waals surface area contributed by atoms with Gasteiger partial charge in [-0.1, -0.05) is 24.3 Å². The minimum absolute atomic E-state index is 0.0472. The minimum Gasteiger partial charge on any atom is -0.494 e. The van der Waals surface area contributed by atoms with E-state index in [1.54, 1.807) is 0 Å². The molecule has 0 amide bonds. The number of hydrogen-bond donors (Lipinski definition) is 0. The highest BCUT2D eigenvalue weighted by atomic mass is 19.2. The van der Waals surface area contributed by atoms with Gasteiger partial charge in [-0.25, -0.2) is 4.39 Å². The van der Waals surface area contributed by atoms with Crippen LogP contribution in [0.3, 0.4) is 0 Å². The molecule has 0 aliphatic rings. The van der Waals surface area contributed by atoms with Crippen LogP contribution >= 0.6 is 0 Å². The Bertz CT molecular complexity index is 529. The lowest BCUT2D eigenvalue weighted by molar-refractivity contribution is 0.257. The second-order valence-corrected chi connectivity index (χ2v) is 4.27. The molecular formula is C16H16F2O2. The average Bonchev–Trinajstić information content (AvgIpc) is 2.48. The fraction of sp³-hybridized carbons (Fsp3) is 0.250. The smallest absolute Gasteiger partial charge is 0.200 e. The van der Waals surface area contributed by atoms with Gasteiger partial charge in [0.1, 0.15) is 5.75 Å². The molecule has 0 radical (unpaired) electrons. The van der Waals surface area contributed by atoms with Crippen molar-refractivity contribution in [3.8, 4) is 11.5 Å². The molecule has 0 bridgehead atoms. The summed E-state index contributed by atoms with van der Waals surface area (Å²) in [6.07, 6.45) is 1.49. The van der Waals surface area contributed by atoms with Gasteiger partial charge in [0.2, 0.25) is 5.82 Å². The van der Waals surface area contributed by atoms with E-state index in [9.17, 15) is 8.78 Å². The molecule has 20 heavy (non-hydrogen) atoms. The van der Waals surface area contributed by atoms with E-state index in [1.807, 2.05) is 30.3 Å². The Morgan fingerprint density at radius 1 is 0.750 bits per heavy atom. The summed E-state index contributed by atoms with van der Waals surface area (Å²) in [4.78, 5) is 0. The molecule has 0 spiro atoms. The Kier molecular flexibility index (Phi) is 5.35. The van der Waals surface area contributed by atoms with Crippen LogP contribution in [0.15, 0.2) is 48.5 Å². The van der Waals surface area contributed by atoms with Crippen molar-refractivity contribution in [1.29, 1.82) is 0 Å². The summed E-state index contributed by atoms with van der Waals surface area (Å²) in [7, 11) is 0. The topological polar surface area (TPSA) is 18.5 Å². The molecule has 106 valence electrons. The molecule has 0 atom stereocenters. The first-order valence-electron chi connectivity index (χ1n) is 6.52. The Morgan fingerprint density at radius 2 is 1.45 bits per heavy atom. The van der Waals surface area contributed by atoms with Crippen LogP contribution in [-0.2, 0) is 0 Å². The molecule has 0 N–H and O–H groups in total. The molecule has 2 aromatic carbocycles. The standard InChI is InChI=1S/C16H16F2O2/c17-14-9-6-10-15(16(14)18)20-12-5-4-11-19-13-7-2-1-3-8-13/h1-3,6-10H,4-5,11-12H2. The number of unbranched alkanes of at least 4 members (excludes halogenated alkanes) is 1. The van der Waals surface area contributed by atoms with Gasteiger partial charge in [0.25, 0.3) is 0 Å². The maximum Gasteiger partial charge on any atom is 0.200 e. The average molecular weight is 278 g/mol. The van der Waals surface area contributed by atoms with Crippen LogP contribution in [0.5, 0.6) is 11.5 Å². The van der Waals surface area contributed by atoms with E-state index in [1.165, 1.54) is 12.1 Å². The van der Waals surface area contributed by atoms with Crippen LogP contribution in [0.2, 0.25) is 0 Å². The highest BCUT2D eigenvalue weighted by Gasteiger charge is 2.07. The van der Waals surface area contributed by atoms with Crippen molar-refractivity contribution < 1.29 is 18.3 Å². The number of benzene rings is 2. The molecule has 0 unspecified atom stereocenters. The maximum absolute atomic E-state index is 13.3. The first-order valence-corrected chi connectivity index (χ1v) is 6.52. The van der Waals surface area contributed by atoms with E-state index in [2.05, 4.69) is 0 Å². The fourth-order valence-corrected chi connectivity index (χ4v) is 1.69. The van der Waals surface area contributed by atoms with Crippen molar-refractivity contribution in [1.82, 2.24) is 0 Å². The summed E-state index contributed by atoms with van der Waals surface area (Å²) in [5.74, 6) is -1.05. The third-order valence-electron chi connectivity index (χ3n) is 2.72. The highest BCUT2D eigenvalue weighted by Crippen LogP contribution is 2.19. The van der Waals surface area contributed by atoms with E-state index < -0.39 is 11.6 Å². The van der Waals surface area contributed by atoms with Crippen LogP contribution in [0.1, 0.15) is 12.8 Å². The van der Waals surface area contributed by atoms with Gasteiger partial charge in [0.15, 0.2) is 11.6 Å². The highest BCUT2D eigenvalue weighted by molar-refractivity contribution is 5.25.